The normalized spacial score (nSPS) is 10.4. The molecule has 0 heterocycles. The zero-order chi connectivity index (χ0) is 13.1. The summed E-state index contributed by atoms with van der Waals surface area (Å²) in [6.45, 7) is 9.46. The van der Waals surface area contributed by atoms with Crippen LogP contribution < -0.4 is 5.32 Å². The molecule has 0 aliphatic carbocycles. The third-order valence-corrected chi connectivity index (χ3v) is 3.45. The van der Waals surface area contributed by atoms with Crippen LogP contribution in [0.2, 0.25) is 0 Å². The Balaban J connectivity index is 2.11. The SMILES string of the molecule is Cc1ccc(C)c(NCc2ccc(C)c(C)c2)c1. The minimum atomic E-state index is 0.880. The first-order valence-electron chi connectivity index (χ1n) is 6.43. The molecule has 0 aliphatic heterocycles. The van der Waals surface area contributed by atoms with Gasteiger partial charge in [-0.3, -0.25) is 0 Å². The molecule has 18 heavy (non-hydrogen) atoms. The Kier molecular flexibility index (Phi) is 3.71. The minimum Gasteiger partial charge on any atom is -0.381 e. The van der Waals surface area contributed by atoms with E-state index < -0.39 is 0 Å². The van der Waals surface area contributed by atoms with Crippen molar-refractivity contribution in [3.8, 4) is 0 Å². The summed E-state index contributed by atoms with van der Waals surface area (Å²) in [5.41, 5.74) is 7.86. The van der Waals surface area contributed by atoms with Crippen molar-refractivity contribution in [3.05, 3.63) is 64.2 Å². The fraction of sp³-hybridized carbons (Fsp3) is 0.294. The lowest BCUT2D eigenvalue weighted by Gasteiger charge is -2.11. The molecule has 0 amide bonds. The third-order valence-electron chi connectivity index (χ3n) is 3.45. The van der Waals surface area contributed by atoms with E-state index >= 15 is 0 Å². The highest BCUT2D eigenvalue weighted by Crippen LogP contribution is 2.18. The molecule has 2 rings (SSSR count). The standard InChI is InChI=1S/C17H21N/c1-12-5-6-14(3)17(9-12)18-11-16-8-7-13(2)15(4)10-16/h5-10,18H,11H2,1-4H3. The second kappa shape index (κ2) is 5.26. The van der Waals surface area contributed by atoms with Crippen molar-refractivity contribution in [2.45, 2.75) is 34.2 Å². The number of anilines is 1. The van der Waals surface area contributed by atoms with Crippen molar-refractivity contribution < 1.29 is 0 Å². The van der Waals surface area contributed by atoms with Gasteiger partial charge in [0.25, 0.3) is 0 Å². The number of aryl methyl sites for hydroxylation is 4. The number of benzene rings is 2. The van der Waals surface area contributed by atoms with Gasteiger partial charge in [-0.25, -0.2) is 0 Å². The maximum atomic E-state index is 3.52. The van der Waals surface area contributed by atoms with Gasteiger partial charge in [0.1, 0.15) is 0 Å². The van der Waals surface area contributed by atoms with Crippen molar-refractivity contribution in [1.29, 1.82) is 0 Å². The van der Waals surface area contributed by atoms with Crippen LogP contribution in [0, 0.1) is 27.7 Å². The highest BCUT2D eigenvalue weighted by atomic mass is 14.9. The summed E-state index contributed by atoms with van der Waals surface area (Å²) in [4.78, 5) is 0. The number of hydrogen-bond acceptors (Lipinski definition) is 1. The summed E-state index contributed by atoms with van der Waals surface area (Å²) in [7, 11) is 0. The summed E-state index contributed by atoms with van der Waals surface area (Å²) in [6, 6.07) is 13.2. The molecule has 0 fully saturated rings. The molecule has 0 saturated heterocycles. The molecule has 1 nitrogen and oxygen atoms in total. The first kappa shape index (κ1) is 12.7. The van der Waals surface area contributed by atoms with Gasteiger partial charge in [-0.2, -0.15) is 0 Å². The Morgan fingerprint density at radius 2 is 1.50 bits per heavy atom. The van der Waals surface area contributed by atoms with Crippen LogP contribution in [0.4, 0.5) is 5.69 Å². The highest BCUT2D eigenvalue weighted by Gasteiger charge is 2.00. The zero-order valence-corrected chi connectivity index (χ0v) is 11.7. The van der Waals surface area contributed by atoms with Crippen LogP contribution in [-0.4, -0.2) is 0 Å². The average molecular weight is 239 g/mol. The Morgan fingerprint density at radius 3 is 2.22 bits per heavy atom. The third kappa shape index (κ3) is 2.92. The van der Waals surface area contributed by atoms with E-state index in [1.807, 2.05) is 0 Å². The molecule has 94 valence electrons. The molecule has 0 radical (unpaired) electrons. The van der Waals surface area contributed by atoms with E-state index in [1.54, 1.807) is 0 Å². The summed E-state index contributed by atoms with van der Waals surface area (Å²) >= 11 is 0. The van der Waals surface area contributed by atoms with Gasteiger partial charge in [-0.1, -0.05) is 30.3 Å². The van der Waals surface area contributed by atoms with E-state index in [-0.39, 0.29) is 0 Å². The molecule has 1 heteroatoms. The van der Waals surface area contributed by atoms with Crippen molar-refractivity contribution in [2.24, 2.45) is 0 Å². The van der Waals surface area contributed by atoms with Gasteiger partial charge in [0, 0.05) is 12.2 Å². The van der Waals surface area contributed by atoms with Gasteiger partial charge in [0.15, 0.2) is 0 Å². The Bertz CT molecular complexity index is 556. The van der Waals surface area contributed by atoms with Crippen molar-refractivity contribution in [2.75, 3.05) is 5.32 Å². The van der Waals surface area contributed by atoms with Gasteiger partial charge >= 0.3 is 0 Å². The first-order chi connectivity index (χ1) is 8.56. The molecule has 0 spiro atoms. The van der Waals surface area contributed by atoms with E-state index in [0.717, 1.165) is 6.54 Å². The molecule has 2 aromatic rings. The fourth-order valence-corrected chi connectivity index (χ4v) is 2.04. The molecule has 0 atom stereocenters. The molecule has 1 N–H and O–H groups in total. The van der Waals surface area contributed by atoms with E-state index in [0.29, 0.717) is 0 Å². The lowest BCUT2D eigenvalue weighted by molar-refractivity contribution is 1.12. The summed E-state index contributed by atoms with van der Waals surface area (Å²) in [5.74, 6) is 0. The fourth-order valence-electron chi connectivity index (χ4n) is 2.04. The van der Waals surface area contributed by atoms with Crippen LogP contribution in [-0.2, 0) is 6.54 Å². The van der Waals surface area contributed by atoms with Gasteiger partial charge in [0.2, 0.25) is 0 Å². The maximum absolute atomic E-state index is 3.52. The van der Waals surface area contributed by atoms with Crippen LogP contribution in [0.5, 0.6) is 0 Å². The number of nitrogens with one attached hydrogen (secondary N) is 1. The Hall–Kier alpha value is -1.76. The first-order valence-corrected chi connectivity index (χ1v) is 6.43. The minimum absolute atomic E-state index is 0.880. The Labute approximate surface area is 110 Å². The molecule has 0 saturated carbocycles. The molecule has 0 aromatic heterocycles. The molecule has 0 unspecified atom stereocenters. The van der Waals surface area contributed by atoms with Gasteiger partial charge < -0.3 is 5.32 Å². The molecule has 0 bridgehead atoms. The van der Waals surface area contributed by atoms with Crippen LogP contribution in [0.1, 0.15) is 27.8 Å². The lowest BCUT2D eigenvalue weighted by atomic mass is 10.1. The van der Waals surface area contributed by atoms with E-state index in [4.69, 9.17) is 0 Å². The summed E-state index contributed by atoms with van der Waals surface area (Å²) in [6.07, 6.45) is 0. The second-order valence-electron chi connectivity index (χ2n) is 5.09. The smallest absolute Gasteiger partial charge is 0.0400 e. The lowest BCUT2D eigenvalue weighted by Crippen LogP contribution is -2.02. The summed E-state index contributed by atoms with van der Waals surface area (Å²) < 4.78 is 0. The van der Waals surface area contributed by atoms with Crippen LogP contribution in [0.3, 0.4) is 0 Å². The predicted octanol–water partition coefficient (Wildman–Crippen LogP) is 4.53. The highest BCUT2D eigenvalue weighted by molar-refractivity contribution is 5.52. The largest absolute Gasteiger partial charge is 0.381 e. The molecular formula is C17H21N. The number of hydrogen-bond donors (Lipinski definition) is 1. The van der Waals surface area contributed by atoms with E-state index in [2.05, 4.69) is 69.4 Å². The van der Waals surface area contributed by atoms with Crippen molar-refractivity contribution >= 4 is 5.69 Å². The van der Waals surface area contributed by atoms with Crippen molar-refractivity contribution in [3.63, 3.8) is 0 Å². The monoisotopic (exact) mass is 239 g/mol. The average Bonchev–Trinajstić information content (AvgIpc) is 2.34. The Morgan fingerprint density at radius 1 is 0.778 bits per heavy atom. The van der Waals surface area contributed by atoms with Gasteiger partial charge in [-0.05, 0) is 61.6 Å². The van der Waals surface area contributed by atoms with Gasteiger partial charge in [-0.15, -0.1) is 0 Å². The zero-order valence-electron chi connectivity index (χ0n) is 11.7. The molecular weight excluding hydrogens is 218 g/mol. The van der Waals surface area contributed by atoms with Gasteiger partial charge in [0.05, 0.1) is 0 Å². The summed E-state index contributed by atoms with van der Waals surface area (Å²) in [5, 5.41) is 3.52. The topological polar surface area (TPSA) is 12.0 Å². The van der Waals surface area contributed by atoms with Crippen LogP contribution >= 0.6 is 0 Å². The predicted molar refractivity (Wildman–Crippen MR) is 79.2 cm³/mol. The van der Waals surface area contributed by atoms with Crippen LogP contribution in [0.25, 0.3) is 0 Å². The van der Waals surface area contributed by atoms with E-state index in [9.17, 15) is 0 Å². The maximum Gasteiger partial charge on any atom is 0.0400 e. The van der Waals surface area contributed by atoms with Crippen molar-refractivity contribution in [1.82, 2.24) is 0 Å². The number of rotatable bonds is 3. The molecule has 2 aromatic carbocycles. The van der Waals surface area contributed by atoms with Crippen LogP contribution in [0.15, 0.2) is 36.4 Å². The second-order valence-corrected chi connectivity index (χ2v) is 5.09. The molecule has 0 aliphatic rings. The van der Waals surface area contributed by atoms with E-state index in [1.165, 1.54) is 33.5 Å². The quantitative estimate of drug-likeness (QED) is 0.829.